The molecule has 0 aromatic heterocycles. The predicted molar refractivity (Wildman–Crippen MR) is 85.1 cm³/mol. The zero-order chi connectivity index (χ0) is 16.2. The third kappa shape index (κ3) is 3.96. The first kappa shape index (κ1) is 16.7. The van der Waals surface area contributed by atoms with Crippen LogP contribution in [-0.2, 0) is 14.8 Å². The van der Waals surface area contributed by atoms with Crippen LogP contribution < -0.4 is 0 Å². The molecule has 1 aliphatic heterocycles. The summed E-state index contributed by atoms with van der Waals surface area (Å²) in [5.74, 6) is -1.06. The quantitative estimate of drug-likeness (QED) is 0.864. The van der Waals surface area contributed by atoms with E-state index < -0.39 is 16.0 Å². The fraction of sp³-hybridized carbons (Fsp3) is 0.438. The van der Waals surface area contributed by atoms with E-state index in [-0.39, 0.29) is 4.90 Å². The second-order valence-corrected chi connectivity index (χ2v) is 7.42. The number of hydrogen-bond acceptors (Lipinski definition) is 3. The maximum absolute atomic E-state index is 12.8. The lowest BCUT2D eigenvalue weighted by Gasteiger charge is -2.21. The van der Waals surface area contributed by atoms with Gasteiger partial charge in [-0.3, -0.25) is 0 Å². The van der Waals surface area contributed by atoms with E-state index in [4.69, 9.17) is 5.11 Å². The number of benzene rings is 1. The van der Waals surface area contributed by atoms with Gasteiger partial charge in [0.25, 0.3) is 0 Å². The Hall–Kier alpha value is -1.66. The van der Waals surface area contributed by atoms with Crippen LogP contribution >= 0.6 is 0 Å². The second-order valence-electron chi connectivity index (χ2n) is 5.51. The average molecular weight is 323 g/mol. The van der Waals surface area contributed by atoms with Crippen molar-refractivity contribution in [1.82, 2.24) is 4.31 Å². The molecule has 22 heavy (non-hydrogen) atoms. The highest BCUT2D eigenvalue weighted by Crippen LogP contribution is 2.24. The molecule has 1 aromatic carbocycles. The van der Waals surface area contributed by atoms with Crippen LogP contribution in [0, 0.1) is 6.92 Å². The highest BCUT2D eigenvalue weighted by Gasteiger charge is 2.26. The van der Waals surface area contributed by atoms with Crippen molar-refractivity contribution in [2.45, 2.75) is 37.5 Å². The second kappa shape index (κ2) is 7.07. The van der Waals surface area contributed by atoms with Crippen molar-refractivity contribution in [2.24, 2.45) is 0 Å². The Morgan fingerprint density at radius 1 is 1.18 bits per heavy atom. The Bertz CT molecular complexity index is 671. The topological polar surface area (TPSA) is 74.7 Å². The number of carbonyl (C=O) groups is 1. The van der Waals surface area contributed by atoms with Crippen LogP contribution in [-0.4, -0.2) is 36.9 Å². The minimum absolute atomic E-state index is 0.266. The van der Waals surface area contributed by atoms with Crippen molar-refractivity contribution >= 4 is 22.1 Å². The predicted octanol–water partition coefficient (Wildman–Crippen LogP) is 2.66. The van der Waals surface area contributed by atoms with Gasteiger partial charge in [0.05, 0.1) is 4.90 Å². The van der Waals surface area contributed by atoms with E-state index >= 15 is 0 Å². The highest BCUT2D eigenvalue weighted by molar-refractivity contribution is 7.89. The van der Waals surface area contributed by atoms with Gasteiger partial charge in [-0.15, -0.1) is 0 Å². The van der Waals surface area contributed by atoms with E-state index in [1.807, 2.05) is 0 Å². The molecule has 120 valence electrons. The summed E-state index contributed by atoms with van der Waals surface area (Å²) >= 11 is 0. The summed E-state index contributed by atoms with van der Waals surface area (Å²) in [5, 5.41) is 8.68. The maximum atomic E-state index is 12.8. The summed E-state index contributed by atoms with van der Waals surface area (Å²) < 4.78 is 27.2. The molecule has 5 nitrogen and oxygen atoms in total. The molecule has 1 heterocycles. The van der Waals surface area contributed by atoms with E-state index in [1.54, 1.807) is 29.4 Å². The molecule has 0 aliphatic carbocycles. The van der Waals surface area contributed by atoms with Gasteiger partial charge in [0.2, 0.25) is 10.0 Å². The Morgan fingerprint density at radius 3 is 2.41 bits per heavy atom. The van der Waals surface area contributed by atoms with Gasteiger partial charge in [-0.05, 0) is 43.0 Å². The molecular weight excluding hydrogens is 302 g/mol. The molecule has 1 aromatic rings. The van der Waals surface area contributed by atoms with Crippen LogP contribution in [0.25, 0.3) is 6.08 Å². The normalized spacial score (nSPS) is 17.5. The van der Waals surface area contributed by atoms with Crippen LogP contribution in [0.1, 0.15) is 36.8 Å². The van der Waals surface area contributed by atoms with Gasteiger partial charge in [-0.1, -0.05) is 25.0 Å². The number of nitrogens with zero attached hydrogens (tertiary/aromatic N) is 1. The van der Waals surface area contributed by atoms with E-state index in [0.29, 0.717) is 24.2 Å². The van der Waals surface area contributed by atoms with Gasteiger partial charge >= 0.3 is 5.97 Å². The van der Waals surface area contributed by atoms with Gasteiger partial charge in [-0.2, -0.15) is 4.31 Å². The van der Waals surface area contributed by atoms with Gasteiger partial charge < -0.3 is 5.11 Å². The first-order valence-corrected chi connectivity index (χ1v) is 8.87. The molecule has 0 unspecified atom stereocenters. The smallest absolute Gasteiger partial charge is 0.328 e. The minimum Gasteiger partial charge on any atom is -0.478 e. The standard InChI is InChI=1S/C16H21NO4S/c1-13-6-7-14(8-9-16(18)19)12-15(13)22(20,21)17-10-4-2-3-5-11-17/h6-9,12H,2-5,10-11H2,1H3,(H,18,19)/b9-8-. The van der Waals surface area contributed by atoms with Crippen molar-refractivity contribution in [1.29, 1.82) is 0 Å². The largest absolute Gasteiger partial charge is 0.478 e. The van der Waals surface area contributed by atoms with Gasteiger partial charge in [-0.25, -0.2) is 13.2 Å². The molecule has 1 saturated heterocycles. The lowest BCUT2D eigenvalue weighted by Crippen LogP contribution is -2.32. The molecule has 0 spiro atoms. The number of hydrogen-bond donors (Lipinski definition) is 1. The van der Waals surface area contributed by atoms with Crippen LogP contribution in [0.2, 0.25) is 0 Å². The molecule has 0 atom stereocenters. The van der Waals surface area contributed by atoms with Gasteiger partial charge in [0, 0.05) is 19.2 Å². The number of carboxylic acids is 1. The van der Waals surface area contributed by atoms with Crippen molar-refractivity contribution in [3.05, 3.63) is 35.4 Å². The van der Waals surface area contributed by atoms with E-state index in [9.17, 15) is 13.2 Å². The summed E-state index contributed by atoms with van der Waals surface area (Å²) in [6, 6.07) is 4.98. The lowest BCUT2D eigenvalue weighted by atomic mass is 10.1. The molecule has 1 N–H and O–H groups in total. The molecule has 0 saturated carbocycles. The van der Waals surface area contributed by atoms with Gasteiger partial charge in [0.15, 0.2) is 0 Å². The number of sulfonamides is 1. The summed E-state index contributed by atoms with van der Waals surface area (Å²) in [7, 11) is -3.53. The zero-order valence-corrected chi connectivity index (χ0v) is 13.5. The van der Waals surface area contributed by atoms with Crippen LogP contribution in [0.15, 0.2) is 29.2 Å². The molecule has 1 fully saturated rings. The summed E-state index contributed by atoms with van der Waals surface area (Å²) in [5.41, 5.74) is 1.25. The highest BCUT2D eigenvalue weighted by atomic mass is 32.2. The van der Waals surface area contributed by atoms with Crippen LogP contribution in [0.3, 0.4) is 0 Å². The molecule has 1 aliphatic rings. The third-order valence-corrected chi connectivity index (χ3v) is 5.85. The number of carboxylic acid groups (broad SMARTS) is 1. The fourth-order valence-corrected chi connectivity index (χ4v) is 4.36. The summed E-state index contributed by atoms with van der Waals surface area (Å²) in [4.78, 5) is 10.9. The monoisotopic (exact) mass is 323 g/mol. The zero-order valence-electron chi connectivity index (χ0n) is 12.7. The number of rotatable bonds is 4. The average Bonchev–Trinajstić information content (AvgIpc) is 2.75. The molecule has 2 rings (SSSR count). The Labute approximate surface area is 131 Å². The van der Waals surface area contributed by atoms with E-state index in [1.165, 1.54) is 6.08 Å². The van der Waals surface area contributed by atoms with Crippen molar-refractivity contribution < 1.29 is 18.3 Å². The first-order valence-electron chi connectivity index (χ1n) is 7.43. The van der Waals surface area contributed by atoms with Crippen molar-refractivity contribution in [3.8, 4) is 0 Å². The maximum Gasteiger partial charge on any atom is 0.328 e. The fourth-order valence-electron chi connectivity index (χ4n) is 2.59. The molecule has 0 amide bonds. The Morgan fingerprint density at radius 2 is 1.82 bits per heavy atom. The molecular formula is C16H21NO4S. The number of aryl methyl sites for hydroxylation is 1. The molecule has 0 radical (unpaired) electrons. The summed E-state index contributed by atoms with van der Waals surface area (Å²) in [6.07, 6.45) is 6.31. The van der Waals surface area contributed by atoms with Crippen molar-refractivity contribution in [2.75, 3.05) is 13.1 Å². The lowest BCUT2D eigenvalue weighted by molar-refractivity contribution is -0.131. The molecule has 0 bridgehead atoms. The molecule has 6 heteroatoms. The number of aliphatic carboxylic acids is 1. The summed E-state index contributed by atoms with van der Waals surface area (Å²) in [6.45, 7) is 2.86. The third-order valence-electron chi connectivity index (χ3n) is 3.81. The SMILES string of the molecule is Cc1ccc(/C=C\C(=O)O)cc1S(=O)(=O)N1CCCCCC1. The minimum atomic E-state index is -3.53. The van der Waals surface area contributed by atoms with Crippen LogP contribution in [0.5, 0.6) is 0 Å². The first-order chi connectivity index (χ1) is 10.4. The van der Waals surface area contributed by atoms with Crippen LogP contribution in [0.4, 0.5) is 0 Å². The van der Waals surface area contributed by atoms with E-state index in [0.717, 1.165) is 31.8 Å². The van der Waals surface area contributed by atoms with Crippen molar-refractivity contribution in [3.63, 3.8) is 0 Å². The Balaban J connectivity index is 2.36. The van der Waals surface area contributed by atoms with Gasteiger partial charge in [0.1, 0.15) is 0 Å². The Kier molecular flexibility index (Phi) is 5.37. The van der Waals surface area contributed by atoms with E-state index in [2.05, 4.69) is 0 Å².